The highest BCUT2D eigenvalue weighted by Gasteiger charge is 2.55. The number of benzene rings is 1. The molecule has 1 aromatic rings. The van der Waals surface area contributed by atoms with E-state index in [9.17, 15) is 9.90 Å². The number of aliphatic imine (C=N–C) groups is 1. The lowest BCUT2D eigenvalue weighted by Gasteiger charge is -2.43. The molecular weight excluding hydrogens is 440 g/mol. The number of fused-ring (bicyclic) bond motifs is 3. The van der Waals surface area contributed by atoms with Gasteiger partial charge in [0.25, 0.3) is 0 Å². The molecular formula is C21H19BrN2O5. The van der Waals surface area contributed by atoms with E-state index in [2.05, 4.69) is 20.9 Å². The summed E-state index contributed by atoms with van der Waals surface area (Å²) in [6, 6.07) is 3.38. The molecule has 0 saturated carbocycles. The molecule has 1 aromatic carbocycles. The molecule has 0 saturated heterocycles. The number of nitrogens with zero attached hydrogens (tertiary/aromatic N) is 1. The number of ether oxygens (including phenoxy) is 3. The van der Waals surface area contributed by atoms with E-state index in [-0.39, 0.29) is 5.88 Å². The van der Waals surface area contributed by atoms with E-state index in [0.717, 1.165) is 11.3 Å². The third kappa shape index (κ3) is 2.55. The van der Waals surface area contributed by atoms with Crippen molar-refractivity contribution in [3.05, 3.63) is 68.7 Å². The molecule has 0 bridgehead atoms. The van der Waals surface area contributed by atoms with Gasteiger partial charge in [-0.15, -0.1) is 0 Å². The largest absolute Gasteiger partial charge is 0.493 e. The van der Waals surface area contributed by atoms with Crippen LogP contribution in [0, 0.1) is 0 Å². The summed E-state index contributed by atoms with van der Waals surface area (Å²) in [6.07, 6.45) is 6.39. The van der Waals surface area contributed by atoms with Crippen LogP contribution in [0.4, 0.5) is 0 Å². The summed E-state index contributed by atoms with van der Waals surface area (Å²) in [7, 11) is 3.02. The first-order valence-electron chi connectivity index (χ1n) is 8.82. The number of halogens is 1. The first kappa shape index (κ1) is 19.3. The van der Waals surface area contributed by atoms with E-state index in [4.69, 9.17) is 19.9 Å². The molecule has 4 rings (SSSR count). The van der Waals surface area contributed by atoms with Gasteiger partial charge in [-0.2, -0.15) is 0 Å². The Labute approximate surface area is 176 Å². The van der Waals surface area contributed by atoms with E-state index in [0.29, 0.717) is 32.7 Å². The molecule has 0 amide bonds. The molecule has 150 valence electrons. The van der Waals surface area contributed by atoms with Crippen LogP contribution in [-0.4, -0.2) is 37.6 Å². The number of aliphatic carboxylic acids is 1. The van der Waals surface area contributed by atoms with Crippen molar-refractivity contribution in [3.63, 3.8) is 0 Å². The Morgan fingerprint density at radius 1 is 1.28 bits per heavy atom. The number of methoxy groups -OCH3 is 2. The Balaban J connectivity index is 2.05. The van der Waals surface area contributed by atoms with Crippen molar-refractivity contribution in [3.8, 4) is 11.5 Å². The summed E-state index contributed by atoms with van der Waals surface area (Å²) in [5.74, 6) is -0.104. The normalized spacial score (nSPS) is 24.7. The van der Waals surface area contributed by atoms with Gasteiger partial charge < -0.3 is 25.1 Å². The molecule has 3 aliphatic rings. The van der Waals surface area contributed by atoms with Crippen LogP contribution in [0.1, 0.15) is 12.5 Å². The number of hydrogen-bond acceptors (Lipinski definition) is 6. The van der Waals surface area contributed by atoms with Gasteiger partial charge in [0, 0.05) is 22.9 Å². The van der Waals surface area contributed by atoms with E-state index >= 15 is 0 Å². The maximum atomic E-state index is 12.9. The standard InChI is InChI=1S/C21H19BrN2O5/c1-10-19(23)29-17-12-6-7-24-15(12)5-4-13(17)21(10,20(25)26)11-8-14(22)18(28-3)16(9-11)27-2/h4-9,17H,23H2,1-3H3,(H,25,26). The molecule has 7 nitrogen and oxygen atoms in total. The van der Waals surface area contributed by atoms with Gasteiger partial charge in [0.05, 0.1) is 24.4 Å². The molecule has 3 N–H and O–H groups in total. The number of rotatable bonds is 4. The first-order valence-corrected chi connectivity index (χ1v) is 9.61. The molecule has 0 fully saturated rings. The lowest BCUT2D eigenvalue weighted by Crippen LogP contribution is -2.49. The monoisotopic (exact) mass is 458 g/mol. The zero-order chi connectivity index (χ0) is 20.9. The fourth-order valence-electron chi connectivity index (χ4n) is 4.13. The Morgan fingerprint density at radius 2 is 2.03 bits per heavy atom. The maximum Gasteiger partial charge on any atom is 0.322 e. The molecule has 2 aliphatic heterocycles. The minimum Gasteiger partial charge on any atom is -0.493 e. The summed E-state index contributed by atoms with van der Waals surface area (Å²) in [5, 5.41) is 10.5. The number of nitrogens with two attached hydrogens (primary N) is 1. The van der Waals surface area contributed by atoms with Crippen LogP contribution in [0.5, 0.6) is 11.5 Å². The van der Waals surface area contributed by atoms with Crippen LogP contribution in [0.15, 0.2) is 68.1 Å². The molecule has 8 heteroatoms. The van der Waals surface area contributed by atoms with Crippen molar-refractivity contribution in [2.75, 3.05) is 14.2 Å². The van der Waals surface area contributed by atoms with Crippen molar-refractivity contribution in [2.24, 2.45) is 10.7 Å². The van der Waals surface area contributed by atoms with E-state index in [1.54, 1.807) is 37.4 Å². The summed E-state index contributed by atoms with van der Waals surface area (Å²) in [6.45, 7) is 1.67. The van der Waals surface area contributed by atoms with Gasteiger partial charge in [-0.1, -0.05) is 6.08 Å². The zero-order valence-corrected chi connectivity index (χ0v) is 17.6. The number of carboxylic acid groups (broad SMARTS) is 1. The lowest BCUT2D eigenvalue weighted by atomic mass is 9.64. The average molecular weight is 459 g/mol. The van der Waals surface area contributed by atoms with Gasteiger partial charge in [0.15, 0.2) is 23.5 Å². The van der Waals surface area contributed by atoms with Crippen molar-refractivity contribution in [1.82, 2.24) is 0 Å². The maximum absolute atomic E-state index is 12.9. The van der Waals surface area contributed by atoms with Crippen molar-refractivity contribution < 1.29 is 24.1 Å². The van der Waals surface area contributed by atoms with Gasteiger partial charge in [-0.25, -0.2) is 0 Å². The summed E-state index contributed by atoms with van der Waals surface area (Å²) in [5.41, 5.74) is 7.59. The van der Waals surface area contributed by atoms with Crippen LogP contribution in [0.2, 0.25) is 0 Å². The Morgan fingerprint density at radius 3 is 2.69 bits per heavy atom. The summed E-state index contributed by atoms with van der Waals surface area (Å²) >= 11 is 3.47. The minimum absolute atomic E-state index is 0.0782. The van der Waals surface area contributed by atoms with Crippen molar-refractivity contribution in [2.45, 2.75) is 18.4 Å². The topological polar surface area (TPSA) is 103 Å². The van der Waals surface area contributed by atoms with Crippen LogP contribution in [0.25, 0.3) is 0 Å². The third-order valence-electron chi connectivity index (χ3n) is 5.55. The number of allylic oxidation sites excluding steroid dienone is 3. The lowest BCUT2D eigenvalue weighted by molar-refractivity contribution is -0.142. The third-order valence-corrected chi connectivity index (χ3v) is 6.14. The van der Waals surface area contributed by atoms with Gasteiger partial charge in [-0.3, -0.25) is 9.79 Å². The fourth-order valence-corrected chi connectivity index (χ4v) is 4.74. The highest BCUT2D eigenvalue weighted by molar-refractivity contribution is 9.10. The molecule has 2 atom stereocenters. The minimum atomic E-state index is -1.54. The van der Waals surface area contributed by atoms with Crippen molar-refractivity contribution >= 4 is 28.1 Å². The van der Waals surface area contributed by atoms with E-state index < -0.39 is 17.5 Å². The summed E-state index contributed by atoms with van der Waals surface area (Å²) < 4.78 is 17.3. The average Bonchev–Trinajstić information content (AvgIpc) is 3.17. The molecule has 0 aromatic heterocycles. The predicted molar refractivity (Wildman–Crippen MR) is 111 cm³/mol. The van der Waals surface area contributed by atoms with Crippen LogP contribution in [-0.2, 0) is 14.9 Å². The number of carbonyl (C=O) groups is 1. The van der Waals surface area contributed by atoms with E-state index in [1.165, 1.54) is 14.2 Å². The second kappa shape index (κ2) is 6.81. The van der Waals surface area contributed by atoms with Crippen LogP contribution >= 0.6 is 15.9 Å². The van der Waals surface area contributed by atoms with Gasteiger partial charge in [0.2, 0.25) is 0 Å². The second-order valence-corrected chi connectivity index (χ2v) is 7.66. The van der Waals surface area contributed by atoms with Crippen LogP contribution in [0.3, 0.4) is 0 Å². The molecule has 0 spiro atoms. The Hall–Kier alpha value is -3.00. The predicted octanol–water partition coefficient (Wildman–Crippen LogP) is 3.21. The van der Waals surface area contributed by atoms with Gasteiger partial charge in [0.1, 0.15) is 5.41 Å². The Kier molecular flexibility index (Phi) is 4.53. The quantitative estimate of drug-likeness (QED) is 0.717. The highest BCUT2D eigenvalue weighted by Crippen LogP contribution is 2.52. The Bertz CT molecular complexity index is 1080. The first-order chi connectivity index (χ1) is 13.9. The summed E-state index contributed by atoms with van der Waals surface area (Å²) in [4.78, 5) is 17.2. The molecule has 1 aliphatic carbocycles. The number of carboxylic acids is 1. The van der Waals surface area contributed by atoms with Crippen molar-refractivity contribution in [1.29, 1.82) is 0 Å². The van der Waals surface area contributed by atoms with E-state index in [1.807, 2.05) is 6.08 Å². The smallest absolute Gasteiger partial charge is 0.322 e. The molecule has 2 heterocycles. The molecule has 0 radical (unpaired) electrons. The molecule has 29 heavy (non-hydrogen) atoms. The van der Waals surface area contributed by atoms with Gasteiger partial charge in [-0.05, 0) is 52.7 Å². The second-order valence-electron chi connectivity index (χ2n) is 6.81. The fraction of sp³-hybridized carbons (Fsp3) is 0.238. The molecule has 2 unspecified atom stereocenters. The SMILES string of the molecule is COc1cc(C2(C(=O)O)C3=CC=C4N=CC=C4C3OC(N)=C2C)cc(Br)c1OC. The zero-order valence-electron chi connectivity index (χ0n) is 16.0. The van der Waals surface area contributed by atoms with Crippen LogP contribution < -0.4 is 15.2 Å². The van der Waals surface area contributed by atoms with Gasteiger partial charge >= 0.3 is 5.97 Å². The highest BCUT2D eigenvalue weighted by atomic mass is 79.9. The number of hydrogen-bond donors (Lipinski definition) is 2.